The van der Waals surface area contributed by atoms with Gasteiger partial charge >= 0.3 is 0 Å². The molecule has 1 atom stereocenters. The Labute approximate surface area is 72.3 Å². The molecule has 26 valence electrons. The first kappa shape index (κ1) is 31.5. The predicted octanol–water partition coefficient (Wildman–Crippen LogP) is 0.0506. The van der Waals surface area contributed by atoms with E-state index in [1.165, 1.54) is 0 Å². The van der Waals surface area contributed by atoms with Crippen LogP contribution in [0.3, 0.4) is 0 Å². The van der Waals surface area contributed by atoms with E-state index < -0.39 is 0 Å². The zero-order valence-corrected chi connectivity index (χ0v) is 12.1. The molecule has 0 nitrogen and oxygen atoms in total. The number of hydrogen-bond acceptors (Lipinski definition) is 0. The molecule has 0 bridgehead atoms. The molecule has 0 radical (unpaired) electrons. The average molecular weight is 586 g/mol. The molecule has 0 fully saturated rings. The van der Waals surface area contributed by atoms with Crippen molar-refractivity contribution in [2.45, 2.75) is 0 Å². The van der Waals surface area contributed by atoms with Crippen LogP contribution in [0.25, 0.3) is 0 Å². The zero-order valence-electron chi connectivity index (χ0n) is 1.93. The van der Waals surface area contributed by atoms with Gasteiger partial charge in [-0.25, -0.2) is 0 Å². The average Bonchev–Trinajstić information content (AvgIpc) is 0. The topological polar surface area (TPSA) is 0 Å². The van der Waals surface area contributed by atoms with Crippen molar-refractivity contribution in [2.24, 2.45) is 0 Å². The van der Waals surface area contributed by atoms with Crippen LogP contribution in [0.15, 0.2) is 0 Å². The van der Waals surface area contributed by atoms with E-state index in [-0.39, 0.29) is 73.1 Å². The summed E-state index contributed by atoms with van der Waals surface area (Å²) >= 11 is 0. The van der Waals surface area contributed by atoms with Crippen LogP contribution in [0, 0.1) is 0 Å². The van der Waals surface area contributed by atoms with Crippen molar-refractivity contribution >= 4 is 9.90 Å². The Kier molecular flexibility index (Phi) is 140. The van der Waals surface area contributed by atoms with Crippen LogP contribution < -0.4 is 0 Å². The second-order valence-corrected chi connectivity index (χ2v) is 0. The molecule has 0 aromatic heterocycles. The third kappa shape index (κ3) is 8.82. The van der Waals surface area contributed by atoms with Gasteiger partial charge in [-0.1, -0.05) is 0 Å². The Morgan fingerprint density at radius 3 is 0.500 bits per heavy atom. The van der Waals surface area contributed by atoms with Gasteiger partial charge in [0.2, 0.25) is 0 Å². The minimum atomic E-state index is 0. The molecule has 0 aliphatic rings. The molecule has 4 heavy (non-hydrogen) atoms. The first-order valence-corrected chi connectivity index (χ1v) is 0. The molecule has 0 saturated heterocycles. The molecule has 0 amide bonds. The van der Waals surface area contributed by atoms with Crippen molar-refractivity contribution in [3.63, 3.8) is 0 Å². The van der Waals surface area contributed by atoms with Gasteiger partial charge in [-0.3, -0.25) is 0 Å². The minimum Gasteiger partial charge on any atom is -0.153 e. The maximum atomic E-state index is 0. The summed E-state index contributed by atoms with van der Waals surface area (Å²) < 4.78 is 0. The Hall–Kier alpha value is 2.49. The van der Waals surface area contributed by atoms with Gasteiger partial charge in [0, 0.05) is 63.2 Å². The summed E-state index contributed by atoms with van der Waals surface area (Å²) in [5.41, 5.74) is 0. The summed E-state index contributed by atoms with van der Waals surface area (Å²) in [6.45, 7) is 0. The SMILES string of the molecule is P.[W].[W].[W]. The van der Waals surface area contributed by atoms with Crippen molar-refractivity contribution in [2.75, 3.05) is 0 Å². The van der Waals surface area contributed by atoms with Crippen molar-refractivity contribution < 1.29 is 63.2 Å². The molecule has 0 aromatic rings. The fourth-order valence-corrected chi connectivity index (χ4v) is 0. The predicted molar refractivity (Wildman–Crippen MR) is 11.1 cm³/mol. The van der Waals surface area contributed by atoms with Gasteiger partial charge in [0.1, 0.15) is 0 Å². The Morgan fingerprint density at radius 2 is 0.500 bits per heavy atom. The van der Waals surface area contributed by atoms with Crippen LogP contribution in [-0.2, 0) is 63.2 Å². The maximum absolute atomic E-state index is 0. The fourth-order valence-electron chi connectivity index (χ4n) is 0. The summed E-state index contributed by atoms with van der Waals surface area (Å²) in [6, 6.07) is 0. The summed E-state index contributed by atoms with van der Waals surface area (Å²) in [7, 11) is 0. The Bertz CT molecular complexity index is 3.25. The summed E-state index contributed by atoms with van der Waals surface area (Å²) in [6.07, 6.45) is 0. The zero-order chi connectivity index (χ0) is 0. The molecule has 0 N–H and O–H groups in total. The fraction of sp³-hybridized carbons (Fsp3) is 0. The van der Waals surface area contributed by atoms with E-state index in [4.69, 9.17) is 0 Å². The summed E-state index contributed by atoms with van der Waals surface area (Å²) in [5, 5.41) is 0. The Morgan fingerprint density at radius 1 is 0.500 bits per heavy atom. The monoisotopic (exact) mass is 586 g/mol. The van der Waals surface area contributed by atoms with E-state index in [1.807, 2.05) is 0 Å². The van der Waals surface area contributed by atoms with Crippen LogP contribution in [0.5, 0.6) is 0 Å². The van der Waals surface area contributed by atoms with Crippen LogP contribution in [0.4, 0.5) is 0 Å². The van der Waals surface area contributed by atoms with Gasteiger partial charge in [0.25, 0.3) is 0 Å². The summed E-state index contributed by atoms with van der Waals surface area (Å²) in [5.74, 6) is 0. The quantitative estimate of drug-likeness (QED) is 0.353. The van der Waals surface area contributed by atoms with E-state index in [0.717, 1.165) is 0 Å². The van der Waals surface area contributed by atoms with Gasteiger partial charge in [-0.2, -0.15) is 9.90 Å². The standard InChI is InChI=1S/H3P.3W/h1H3;;;. The molecule has 1 unspecified atom stereocenters. The molecule has 0 aliphatic heterocycles. The first-order valence-electron chi connectivity index (χ1n) is 0. The molecule has 0 aliphatic carbocycles. The number of rotatable bonds is 0. The van der Waals surface area contributed by atoms with E-state index in [0.29, 0.717) is 0 Å². The third-order valence-corrected chi connectivity index (χ3v) is 0. The van der Waals surface area contributed by atoms with Gasteiger partial charge in [0.15, 0.2) is 0 Å². The first-order chi connectivity index (χ1) is 0. The molecule has 4 heteroatoms. The van der Waals surface area contributed by atoms with Gasteiger partial charge in [0.05, 0.1) is 0 Å². The molecule has 0 aromatic carbocycles. The van der Waals surface area contributed by atoms with E-state index in [1.54, 1.807) is 0 Å². The third-order valence-electron chi connectivity index (χ3n) is 0. The van der Waals surface area contributed by atoms with Crippen molar-refractivity contribution in [3.05, 3.63) is 0 Å². The summed E-state index contributed by atoms with van der Waals surface area (Å²) in [4.78, 5) is 0. The molecule has 0 spiro atoms. The molecule has 0 rings (SSSR count). The maximum Gasteiger partial charge on any atom is 0 e. The minimum absolute atomic E-state index is 0. The van der Waals surface area contributed by atoms with Crippen LogP contribution in [-0.4, -0.2) is 0 Å². The van der Waals surface area contributed by atoms with Gasteiger partial charge in [-0.15, -0.1) is 0 Å². The Balaban J connectivity index is 0. The van der Waals surface area contributed by atoms with Gasteiger partial charge < -0.3 is 0 Å². The smallest absolute Gasteiger partial charge is 0 e. The molecular weight excluding hydrogens is 582 g/mol. The second-order valence-electron chi connectivity index (χ2n) is 0. The van der Waals surface area contributed by atoms with Crippen molar-refractivity contribution in [1.82, 2.24) is 0 Å². The second kappa shape index (κ2) is 17.8. The van der Waals surface area contributed by atoms with E-state index in [9.17, 15) is 0 Å². The van der Waals surface area contributed by atoms with E-state index in [2.05, 4.69) is 0 Å². The molecule has 0 saturated carbocycles. The molecular formula is H3PW3. The van der Waals surface area contributed by atoms with Crippen molar-refractivity contribution in [1.29, 1.82) is 0 Å². The van der Waals surface area contributed by atoms with Gasteiger partial charge in [-0.05, 0) is 0 Å². The van der Waals surface area contributed by atoms with Crippen LogP contribution in [0.2, 0.25) is 0 Å². The molecule has 0 heterocycles. The van der Waals surface area contributed by atoms with Crippen molar-refractivity contribution in [3.8, 4) is 0 Å². The van der Waals surface area contributed by atoms with Crippen LogP contribution >= 0.6 is 9.90 Å². The number of hydrogen-bond donors (Lipinski definition) is 0. The largest absolute Gasteiger partial charge is 0.153 e. The normalized spacial score (nSPS) is 0. The van der Waals surface area contributed by atoms with E-state index >= 15 is 0 Å². The van der Waals surface area contributed by atoms with Crippen LogP contribution in [0.1, 0.15) is 0 Å².